The molecule has 1 aromatic carbocycles. The lowest BCUT2D eigenvalue weighted by Crippen LogP contribution is -2.62. The third-order valence-electron chi connectivity index (χ3n) is 6.10. The van der Waals surface area contributed by atoms with E-state index in [1.807, 2.05) is 0 Å². The number of amides is 1. The van der Waals surface area contributed by atoms with E-state index in [2.05, 4.69) is 0 Å². The van der Waals surface area contributed by atoms with Gasteiger partial charge in [0.25, 0.3) is 0 Å². The fraction of sp³-hybridized carbons (Fsp3) is 0.421. The number of phenols is 1. The molecule has 2 fully saturated rings. The number of hydrogen-bond acceptors (Lipinski definition) is 7. The van der Waals surface area contributed by atoms with Crippen LogP contribution in [0.5, 0.6) is 5.75 Å². The molecule has 0 bridgehead atoms. The minimum absolute atomic E-state index is 0.0210. The summed E-state index contributed by atoms with van der Waals surface area (Å²) in [5, 5.41) is 41.7. The highest BCUT2D eigenvalue weighted by molar-refractivity contribution is 6.21. The molecule has 3 aliphatic carbocycles. The van der Waals surface area contributed by atoms with Crippen molar-refractivity contribution in [3.63, 3.8) is 0 Å². The smallest absolute Gasteiger partial charge is 0.225 e. The second kappa shape index (κ2) is 5.64. The van der Waals surface area contributed by atoms with Gasteiger partial charge < -0.3 is 26.2 Å². The highest BCUT2D eigenvalue weighted by Crippen LogP contribution is 2.54. The quantitative estimate of drug-likeness (QED) is 0.430. The van der Waals surface area contributed by atoms with Crippen molar-refractivity contribution < 1.29 is 34.8 Å². The first-order valence-corrected chi connectivity index (χ1v) is 8.71. The molecule has 0 aromatic heterocycles. The summed E-state index contributed by atoms with van der Waals surface area (Å²) in [7, 11) is 0. The molecule has 0 radical (unpaired) electrons. The highest BCUT2D eigenvalue weighted by Gasteiger charge is 2.61. The van der Waals surface area contributed by atoms with E-state index in [0.717, 1.165) is 0 Å². The van der Waals surface area contributed by atoms with Gasteiger partial charge in [0.2, 0.25) is 11.7 Å². The summed E-state index contributed by atoms with van der Waals surface area (Å²) in [5.74, 6) is -6.20. The van der Waals surface area contributed by atoms with Crippen LogP contribution in [0.15, 0.2) is 23.8 Å². The van der Waals surface area contributed by atoms with Crippen LogP contribution in [0.2, 0.25) is 0 Å². The number of nitrogens with two attached hydrogens (primary N) is 1. The van der Waals surface area contributed by atoms with Gasteiger partial charge in [-0.25, -0.2) is 0 Å². The lowest BCUT2D eigenvalue weighted by Gasteiger charge is -2.48. The number of aliphatic hydroxyl groups is 3. The van der Waals surface area contributed by atoms with E-state index in [0.29, 0.717) is 0 Å². The van der Waals surface area contributed by atoms with Gasteiger partial charge in [0.05, 0.1) is 17.6 Å². The Hall–Kier alpha value is -2.71. The molecule has 5 unspecified atom stereocenters. The molecule has 8 nitrogen and oxygen atoms in total. The van der Waals surface area contributed by atoms with Crippen molar-refractivity contribution in [2.75, 3.05) is 0 Å². The maximum Gasteiger partial charge on any atom is 0.225 e. The van der Waals surface area contributed by atoms with Crippen molar-refractivity contribution in [2.45, 2.75) is 36.9 Å². The molecule has 0 aliphatic heterocycles. The Kier molecular flexibility index (Phi) is 3.70. The van der Waals surface area contributed by atoms with Gasteiger partial charge in [0.15, 0.2) is 11.4 Å². The van der Waals surface area contributed by atoms with E-state index >= 15 is 0 Å². The fourth-order valence-corrected chi connectivity index (χ4v) is 4.92. The Bertz CT molecular complexity index is 921. The van der Waals surface area contributed by atoms with Gasteiger partial charge in [-0.2, -0.15) is 0 Å². The number of carbonyl (C=O) groups excluding carboxylic acids is 3. The van der Waals surface area contributed by atoms with Gasteiger partial charge in [-0.05, 0) is 24.5 Å². The lowest BCUT2D eigenvalue weighted by atomic mass is 9.56. The molecule has 8 heteroatoms. The fourth-order valence-electron chi connectivity index (χ4n) is 4.92. The van der Waals surface area contributed by atoms with E-state index in [4.69, 9.17) is 5.73 Å². The predicted molar refractivity (Wildman–Crippen MR) is 91.4 cm³/mol. The zero-order valence-electron chi connectivity index (χ0n) is 14.3. The predicted octanol–water partition coefficient (Wildman–Crippen LogP) is -0.0961. The van der Waals surface area contributed by atoms with E-state index < -0.39 is 52.7 Å². The topological polar surface area (TPSA) is 158 Å². The zero-order valence-corrected chi connectivity index (χ0v) is 14.3. The molecule has 27 heavy (non-hydrogen) atoms. The van der Waals surface area contributed by atoms with Crippen molar-refractivity contribution >= 4 is 23.2 Å². The molecule has 0 spiro atoms. The maximum absolute atomic E-state index is 13.1. The van der Waals surface area contributed by atoms with Crippen LogP contribution >= 0.6 is 0 Å². The van der Waals surface area contributed by atoms with Crippen molar-refractivity contribution in [2.24, 2.45) is 17.6 Å². The molecule has 4 rings (SSSR count). The number of Topliss-reactive ketones (excluding diaryl/α,β-unsaturated/α-hetero) is 2. The van der Waals surface area contributed by atoms with E-state index in [-0.39, 0.29) is 41.7 Å². The molecule has 0 heterocycles. The summed E-state index contributed by atoms with van der Waals surface area (Å²) < 4.78 is 0. The van der Waals surface area contributed by atoms with Gasteiger partial charge in [-0.3, -0.25) is 14.4 Å². The van der Waals surface area contributed by atoms with Gasteiger partial charge >= 0.3 is 0 Å². The number of carbonyl (C=O) groups is 3. The number of primary amides is 1. The number of rotatable bonds is 1. The highest BCUT2D eigenvalue weighted by atomic mass is 16.3. The molecule has 6 N–H and O–H groups in total. The SMILES string of the molecule is NC(=O)C1c2cccc(O)c2C(O)=C2C(=O)C3(O)C(=O)CC(O)CC3CC21. The summed E-state index contributed by atoms with van der Waals surface area (Å²) in [6, 6.07) is 4.32. The van der Waals surface area contributed by atoms with Gasteiger partial charge in [0.1, 0.15) is 11.5 Å². The van der Waals surface area contributed by atoms with Gasteiger partial charge in [-0.15, -0.1) is 0 Å². The Morgan fingerprint density at radius 2 is 1.89 bits per heavy atom. The van der Waals surface area contributed by atoms with Crippen LogP contribution in [0, 0.1) is 11.8 Å². The molecule has 1 aromatic rings. The van der Waals surface area contributed by atoms with Crippen LogP contribution in [-0.4, -0.2) is 49.6 Å². The van der Waals surface area contributed by atoms with E-state index in [1.165, 1.54) is 18.2 Å². The number of hydrogen-bond donors (Lipinski definition) is 5. The van der Waals surface area contributed by atoms with Crippen molar-refractivity contribution in [1.29, 1.82) is 0 Å². The Morgan fingerprint density at radius 1 is 1.19 bits per heavy atom. The third kappa shape index (κ3) is 2.20. The van der Waals surface area contributed by atoms with Gasteiger partial charge in [-0.1, -0.05) is 12.1 Å². The first-order chi connectivity index (χ1) is 12.7. The first kappa shape index (κ1) is 17.7. The molecule has 5 atom stereocenters. The molecular formula is C19H19NO7. The Labute approximate surface area is 153 Å². The monoisotopic (exact) mass is 373 g/mol. The number of benzene rings is 1. The maximum atomic E-state index is 13.1. The summed E-state index contributed by atoms with van der Waals surface area (Å²) in [6.45, 7) is 0. The summed E-state index contributed by atoms with van der Waals surface area (Å²) in [4.78, 5) is 37.7. The third-order valence-corrected chi connectivity index (χ3v) is 6.10. The molecule has 142 valence electrons. The van der Waals surface area contributed by atoms with Crippen LogP contribution in [0.25, 0.3) is 5.76 Å². The number of fused-ring (bicyclic) bond motifs is 3. The van der Waals surface area contributed by atoms with Crippen LogP contribution < -0.4 is 5.73 Å². The summed E-state index contributed by atoms with van der Waals surface area (Å²) >= 11 is 0. The minimum Gasteiger partial charge on any atom is -0.507 e. The number of aliphatic hydroxyl groups excluding tert-OH is 2. The first-order valence-electron chi connectivity index (χ1n) is 8.71. The normalized spacial score (nSPS) is 35.3. The number of aromatic hydroxyl groups is 1. The standard InChI is InChI=1S/C19H19NO7/c20-18(26)13-9-2-1-3-11(22)14(9)16(24)15-10(13)5-7-4-8(21)6-12(23)19(7,27)17(15)25/h1-3,7-8,10,13,21-22,24,27H,4-6H2,(H2,20,26). The largest absolute Gasteiger partial charge is 0.507 e. The minimum atomic E-state index is -2.36. The van der Waals surface area contributed by atoms with E-state index in [9.17, 15) is 34.8 Å². The second-order valence-electron chi connectivity index (χ2n) is 7.54. The van der Waals surface area contributed by atoms with E-state index in [1.54, 1.807) is 0 Å². The van der Waals surface area contributed by atoms with Crippen LogP contribution in [0.3, 0.4) is 0 Å². The molecule has 3 aliphatic rings. The van der Waals surface area contributed by atoms with Gasteiger partial charge in [0, 0.05) is 23.8 Å². The lowest BCUT2D eigenvalue weighted by molar-refractivity contribution is -0.167. The Morgan fingerprint density at radius 3 is 2.56 bits per heavy atom. The number of phenolic OH excluding ortho intramolecular Hbond substituents is 1. The second-order valence-corrected chi connectivity index (χ2v) is 7.54. The zero-order chi connectivity index (χ0) is 19.7. The Balaban J connectivity index is 1.96. The van der Waals surface area contributed by atoms with Crippen LogP contribution in [0.4, 0.5) is 0 Å². The van der Waals surface area contributed by atoms with Crippen LogP contribution in [-0.2, 0) is 14.4 Å². The van der Waals surface area contributed by atoms with Crippen molar-refractivity contribution in [3.05, 3.63) is 34.9 Å². The van der Waals surface area contributed by atoms with Crippen LogP contribution in [0.1, 0.15) is 36.3 Å². The summed E-state index contributed by atoms with van der Waals surface area (Å²) in [5.41, 5.74) is 3.14. The average molecular weight is 373 g/mol. The number of ketones is 2. The molecule has 0 saturated heterocycles. The average Bonchev–Trinajstić information content (AvgIpc) is 2.57. The molecule has 1 amide bonds. The van der Waals surface area contributed by atoms with Crippen molar-refractivity contribution in [3.8, 4) is 5.75 Å². The molecule has 2 saturated carbocycles. The van der Waals surface area contributed by atoms with Crippen molar-refractivity contribution in [1.82, 2.24) is 0 Å². The summed E-state index contributed by atoms with van der Waals surface area (Å²) in [6.07, 6.45) is -1.30. The molecular weight excluding hydrogens is 354 g/mol.